The Hall–Kier alpha value is -0.460. The summed E-state index contributed by atoms with van der Waals surface area (Å²) in [5.74, 6) is -1.36. The van der Waals surface area contributed by atoms with E-state index < -0.39 is 32.0 Å². The number of aliphatic hydroxyl groups is 1. The van der Waals surface area contributed by atoms with Crippen LogP contribution >= 0.6 is 7.60 Å². The van der Waals surface area contributed by atoms with E-state index in [-0.39, 0.29) is 0 Å². The zero-order valence-electron chi connectivity index (χ0n) is 6.91. The molecule has 0 rings (SSSR count). The lowest BCUT2D eigenvalue weighted by Crippen LogP contribution is -2.45. The second-order valence-electron chi connectivity index (χ2n) is 2.58. The Morgan fingerprint density at radius 1 is 1.54 bits per heavy atom. The Kier molecular flexibility index (Phi) is 4.52. The van der Waals surface area contributed by atoms with Gasteiger partial charge in [-0.3, -0.25) is 14.7 Å². The summed E-state index contributed by atoms with van der Waals surface area (Å²) < 4.78 is 10.3. The van der Waals surface area contributed by atoms with Crippen LogP contribution in [0.3, 0.4) is 0 Å². The molecule has 8 heteroatoms. The van der Waals surface area contributed by atoms with Crippen molar-refractivity contribution in [1.82, 2.24) is 5.32 Å². The molecule has 0 saturated carbocycles. The summed E-state index contributed by atoms with van der Waals surface area (Å²) in [6.07, 6.45) is -1.99. The smallest absolute Gasteiger partial charge is 0.339 e. The fourth-order valence-corrected chi connectivity index (χ4v) is 1.12. The number of hydrogen-bond donors (Lipinski definition) is 5. The summed E-state index contributed by atoms with van der Waals surface area (Å²) >= 11 is 0. The fourth-order valence-electron chi connectivity index (χ4n) is 0.681. The van der Waals surface area contributed by atoms with Crippen LogP contribution in [-0.2, 0) is 9.36 Å². The van der Waals surface area contributed by atoms with Crippen LogP contribution in [0.1, 0.15) is 6.92 Å². The number of carboxylic acid groups (broad SMARTS) is 1. The zero-order valence-corrected chi connectivity index (χ0v) is 7.81. The molecule has 0 amide bonds. The second-order valence-corrected chi connectivity index (χ2v) is 4.23. The molecule has 0 aromatic rings. The molecular formula is C5H12NO6P. The van der Waals surface area contributed by atoms with Crippen molar-refractivity contribution in [3.63, 3.8) is 0 Å². The summed E-state index contributed by atoms with van der Waals surface area (Å²) in [5, 5.41) is 19.4. The van der Waals surface area contributed by atoms with Gasteiger partial charge in [0.05, 0.1) is 12.4 Å². The molecule has 0 fully saturated rings. The minimum absolute atomic E-state index is 0.769. The first-order valence-electron chi connectivity index (χ1n) is 3.43. The van der Waals surface area contributed by atoms with Gasteiger partial charge in [-0.15, -0.1) is 0 Å². The summed E-state index contributed by atoms with van der Waals surface area (Å²) in [5.41, 5.74) is 0. The third-order valence-corrected chi connectivity index (χ3v) is 1.86. The van der Waals surface area contributed by atoms with Gasteiger partial charge in [-0.05, 0) is 6.92 Å². The number of nitrogens with one attached hydrogen (secondary N) is 1. The van der Waals surface area contributed by atoms with Crippen LogP contribution in [0.15, 0.2) is 0 Å². The molecule has 13 heavy (non-hydrogen) atoms. The Morgan fingerprint density at radius 3 is 2.23 bits per heavy atom. The maximum atomic E-state index is 10.4. The molecule has 2 atom stereocenters. The van der Waals surface area contributed by atoms with E-state index in [2.05, 4.69) is 0 Å². The Bertz CT molecular complexity index is 223. The van der Waals surface area contributed by atoms with Gasteiger partial charge in [0.1, 0.15) is 6.04 Å². The highest BCUT2D eigenvalue weighted by Crippen LogP contribution is 2.32. The molecule has 0 spiro atoms. The molecule has 0 saturated heterocycles. The summed E-state index contributed by atoms with van der Waals surface area (Å²) in [7, 11) is -4.28. The topological polar surface area (TPSA) is 127 Å². The van der Waals surface area contributed by atoms with E-state index in [1.54, 1.807) is 0 Å². The van der Waals surface area contributed by atoms with Crippen LogP contribution in [-0.4, -0.2) is 44.4 Å². The molecule has 5 N–H and O–H groups in total. The van der Waals surface area contributed by atoms with Crippen molar-refractivity contribution in [2.45, 2.75) is 19.1 Å². The predicted octanol–water partition coefficient (Wildman–Crippen LogP) is -1.45. The molecule has 0 heterocycles. The van der Waals surface area contributed by atoms with E-state index in [4.69, 9.17) is 20.0 Å². The molecule has 0 unspecified atom stereocenters. The standard InChI is InChI=1S/C5H12NO6P/c1-3(7)4(5(8)9)6-2-13(10,11)12/h3-4,6-7H,2H2,1H3,(H,8,9)(H2,10,11,12)/t3-,4+/m1/s1. The first kappa shape index (κ1) is 12.5. The monoisotopic (exact) mass is 213 g/mol. The van der Waals surface area contributed by atoms with E-state index in [1.165, 1.54) is 6.92 Å². The van der Waals surface area contributed by atoms with Gasteiger partial charge in [-0.2, -0.15) is 0 Å². The third-order valence-electron chi connectivity index (χ3n) is 1.27. The van der Waals surface area contributed by atoms with Gasteiger partial charge < -0.3 is 20.0 Å². The number of aliphatic hydroxyl groups excluding tert-OH is 1. The van der Waals surface area contributed by atoms with E-state index in [9.17, 15) is 9.36 Å². The molecule has 0 bridgehead atoms. The van der Waals surface area contributed by atoms with Crippen molar-refractivity contribution in [3.05, 3.63) is 0 Å². The first-order valence-corrected chi connectivity index (χ1v) is 5.22. The minimum atomic E-state index is -4.28. The Balaban J connectivity index is 4.14. The van der Waals surface area contributed by atoms with Gasteiger partial charge in [0, 0.05) is 0 Å². The summed E-state index contributed by atoms with van der Waals surface area (Å²) in [6.45, 7) is 1.21. The van der Waals surface area contributed by atoms with E-state index in [0.29, 0.717) is 0 Å². The summed E-state index contributed by atoms with van der Waals surface area (Å²) in [4.78, 5) is 27.2. The molecule has 0 aliphatic carbocycles. The number of carboxylic acids is 1. The van der Waals surface area contributed by atoms with Crippen LogP contribution in [0.4, 0.5) is 0 Å². The van der Waals surface area contributed by atoms with Crippen LogP contribution in [0.2, 0.25) is 0 Å². The highest BCUT2D eigenvalue weighted by Gasteiger charge is 2.25. The minimum Gasteiger partial charge on any atom is -0.480 e. The van der Waals surface area contributed by atoms with Crippen molar-refractivity contribution < 1.29 is 29.4 Å². The van der Waals surface area contributed by atoms with Gasteiger partial charge >= 0.3 is 13.6 Å². The molecule has 0 aliphatic heterocycles. The number of hydrogen-bond acceptors (Lipinski definition) is 4. The van der Waals surface area contributed by atoms with Crippen molar-refractivity contribution in [2.24, 2.45) is 0 Å². The molecule has 7 nitrogen and oxygen atoms in total. The fraction of sp³-hybridized carbons (Fsp3) is 0.800. The number of carbonyl (C=O) groups is 1. The molecule has 0 aromatic heterocycles. The van der Waals surface area contributed by atoms with E-state index in [0.717, 1.165) is 0 Å². The van der Waals surface area contributed by atoms with Crippen LogP contribution < -0.4 is 5.32 Å². The highest BCUT2D eigenvalue weighted by molar-refractivity contribution is 7.51. The van der Waals surface area contributed by atoms with Crippen LogP contribution in [0.5, 0.6) is 0 Å². The molecule has 0 radical (unpaired) electrons. The average Bonchev–Trinajstić information content (AvgIpc) is 1.82. The Labute approximate surface area is 74.6 Å². The predicted molar refractivity (Wildman–Crippen MR) is 43.2 cm³/mol. The highest BCUT2D eigenvalue weighted by atomic mass is 31.2. The van der Waals surface area contributed by atoms with Gasteiger partial charge in [-0.1, -0.05) is 0 Å². The van der Waals surface area contributed by atoms with Crippen LogP contribution in [0.25, 0.3) is 0 Å². The first-order chi connectivity index (χ1) is 5.74. The van der Waals surface area contributed by atoms with E-state index >= 15 is 0 Å². The lowest BCUT2D eigenvalue weighted by molar-refractivity contribution is -0.142. The quantitative estimate of drug-likeness (QED) is 0.353. The van der Waals surface area contributed by atoms with Gasteiger partial charge in [-0.25, -0.2) is 0 Å². The van der Waals surface area contributed by atoms with Gasteiger partial charge in [0.15, 0.2) is 0 Å². The number of rotatable bonds is 5. The second kappa shape index (κ2) is 4.69. The molecule has 78 valence electrons. The van der Waals surface area contributed by atoms with E-state index in [1.807, 2.05) is 5.32 Å². The lowest BCUT2D eigenvalue weighted by atomic mass is 10.2. The zero-order chi connectivity index (χ0) is 10.6. The maximum absolute atomic E-state index is 10.4. The average molecular weight is 213 g/mol. The van der Waals surface area contributed by atoms with Crippen molar-refractivity contribution in [3.8, 4) is 0 Å². The van der Waals surface area contributed by atoms with Crippen molar-refractivity contribution in [2.75, 3.05) is 6.29 Å². The molecule has 0 aliphatic rings. The largest absolute Gasteiger partial charge is 0.480 e. The lowest BCUT2D eigenvalue weighted by Gasteiger charge is -2.16. The number of aliphatic carboxylic acids is 1. The molecule has 0 aromatic carbocycles. The Morgan fingerprint density at radius 2 is 2.00 bits per heavy atom. The summed E-state index contributed by atoms with van der Waals surface area (Å²) in [6, 6.07) is -1.37. The van der Waals surface area contributed by atoms with Crippen molar-refractivity contribution >= 4 is 13.6 Å². The molecular weight excluding hydrogens is 201 g/mol. The van der Waals surface area contributed by atoms with Crippen molar-refractivity contribution in [1.29, 1.82) is 0 Å². The third kappa shape index (κ3) is 5.73. The van der Waals surface area contributed by atoms with Crippen LogP contribution in [0, 0.1) is 0 Å². The normalized spacial score (nSPS) is 16.6. The SMILES string of the molecule is C[C@@H](O)[C@H](NCP(=O)(O)O)C(=O)O. The van der Waals surface area contributed by atoms with Gasteiger partial charge in [0.25, 0.3) is 0 Å². The van der Waals surface area contributed by atoms with Gasteiger partial charge in [0.2, 0.25) is 0 Å². The maximum Gasteiger partial charge on any atom is 0.339 e.